The van der Waals surface area contributed by atoms with Gasteiger partial charge in [0.05, 0.1) is 6.10 Å². The highest BCUT2D eigenvalue weighted by Crippen LogP contribution is 2.41. The average Bonchev–Trinajstić information content (AvgIpc) is 2.85. The van der Waals surface area contributed by atoms with Crippen LogP contribution in [0.4, 0.5) is 0 Å². The highest BCUT2D eigenvalue weighted by molar-refractivity contribution is 5.36. The first kappa shape index (κ1) is 13.1. The minimum atomic E-state index is -0.155. The van der Waals surface area contributed by atoms with Crippen molar-refractivity contribution in [3.63, 3.8) is 0 Å². The Kier molecular flexibility index (Phi) is 3.18. The van der Waals surface area contributed by atoms with Gasteiger partial charge < -0.3 is 10.4 Å². The molecule has 0 radical (unpaired) electrons. The second kappa shape index (κ2) is 4.60. The summed E-state index contributed by atoms with van der Waals surface area (Å²) in [7, 11) is 0. The molecule has 0 bridgehead atoms. The maximum atomic E-state index is 9.82. The summed E-state index contributed by atoms with van der Waals surface area (Å²) in [4.78, 5) is 0. The van der Waals surface area contributed by atoms with Crippen molar-refractivity contribution in [2.24, 2.45) is 5.41 Å². The largest absolute Gasteiger partial charge is 0.392 e. The van der Waals surface area contributed by atoms with Crippen molar-refractivity contribution >= 4 is 0 Å². The summed E-state index contributed by atoms with van der Waals surface area (Å²) in [5.74, 6) is 0. The third-order valence-corrected chi connectivity index (χ3v) is 5.29. The molecule has 1 saturated carbocycles. The van der Waals surface area contributed by atoms with E-state index in [-0.39, 0.29) is 11.5 Å². The number of rotatable bonds is 3. The Bertz CT molecular complexity index is 480. The first-order valence-corrected chi connectivity index (χ1v) is 7.54. The zero-order valence-electron chi connectivity index (χ0n) is 12.2. The van der Waals surface area contributed by atoms with E-state index in [1.54, 1.807) is 5.56 Å². The summed E-state index contributed by atoms with van der Waals surface area (Å²) in [6.07, 6.45) is 4.52. The molecular formula is C17H25NO. The van der Waals surface area contributed by atoms with Crippen molar-refractivity contribution in [2.45, 2.75) is 64.6 Å². The van der Waals surface area contributed by atoms with E-state index in [1.165, 1.54) is 30.4 Å². The first-order valence-electron chi connectivity index (χ1n) is 7.54. The van der Waals surface area contributed by atoms with Crippen molar-refractivity contribution in [1.82, 2.24) is 5.32 Å². The lowest BCUT2D eigenvalue weighted by molar-refractivity contribution is -0.0754. The van der Waals surface area contributed by atoms with E-state index >= 15 is 0 Å². The minimum Gasteiger partial charge on any atom is -0.392 e. The van der Waals surface area contributed by atoms with E-state index in [9.17, 15) is 5.11 Å². The van der Waals surface area contributed by atoms with Gasteiger partial charge in [-0.15, -0.1) is 0 Å². The maximum absolute atomic E-state index is 9.82. The molecular weight excluding hydrogens is 234 g/mol. The molecule has 1 fully saturated rings. The Hall–Kier alpha value is -0.860. The fourth-order valence-corrected chi connectivity index (χ4v) is 3.44. The minimum absolute atomic E-state index is 0.00495. The molecule has 2 N–H and O–H groups in total. The number of fused-ring (bicyclic) bond motifs is 1. The molecule has 0 spiro atoms. The van der Waals surface area contributed by atoms with Crippen molar-refractivity contribution in [3.05, 3.63) is 34.9 Å². The predicted molar refractivity (Wildman–Crippen MR) is 78.2 cm³/mol. The lowest BCUT2D eigenvalue weighted by atomic mass is 9.64. The Labute approximate surface area is 116 Å². The smallest absolute Gasteiger partial charge is 0.0621 e. The molecule has 1 aromatic carbocycles. The molecule has 0 heterocycles. The van der Waals surface area contributed by atoms with E-state index in [0.717, 1.165) is 6.42 Å². The third-order valence-electron chi connectivity index (χ3n) is 5.29. The van der Waals surface area contributed by atoms with Crippen LogP contribution < -0.4 is 5.32 Å². The van der Waals surface area contributed by atoms with Gasteiger partial charge in [-0.3, -0.25) is 0 Å². The maximum Gasteiger partial charge on any atom is 0.0621 e. The molecule has 104 valence electrons. The monoisotopic (exact) mass is 259 g/mol. The average molecular weight is 259 g/mol. The summed E-state index contributed by atoms with van der Waals surface area (Å²) in [6, 6.07) is 7.73. The third kappa shape index (κ3) is 2.21. The number of aliphatic hydroxyl groups is 1. The highest BCUT2D eigenvalue weighted by Gasteiger charge is 2.47. The van der Waals surface area contributed by atoms with Crippen molar-refractivity contribution in [2.75, 3.05) is 0 Å². The van der Waals surface area contributed by atoms with Crippen LogP contribution in [0.3, 0.4) is 0 Å². The molecule has 3 rings (SSSR count). The van der Waals surface area contributed by atoms with Crippen LogP contribution in [0.1, 0.15) is 56.3 Å². The Morgan fingerprint density at radius 1 is 1.26 bits per heavy atom. The number of benzene rings is 1. The fourth-order valence-electron chi connectivity index (χ4n) is 3.44. The van der Waals surface area contributed by atoms with E-state index in [0.29, 0.717) is 12.1 Å². The van der Waals surface area contributed by atoms with Gasteiger partial charge in [0.2, 0.25) is 0 Å². The van der Waals surface area contributed by atoms with Crippen molar-refractivity contribution in [3.8, 4) is 0 Å². The molecule has 0 amide bonds. The fraction of sp³-hybridized carbons (Fsp3) is 0.647. The molecule has 1 aromatic rings. The van der Waals surface area contributed by atoms with Crippen LogP contribution in [0.5, 0.6) is 0 Å². The highest BCUT2D eigenvalue weighted by atomic mass is 16.3. The number of aliphatic hydroxyl groups excluding tert-OH is 1. The molecule has 3 unspecified atom stereocenters. The second-order valence-corrected chi connectivity index (χ2v) is 6.90. The van der Waals surface area contributed by atoms with Crippen LogP contribution >= 0.6 is 0 Å². The summed E-state index contributed by atoms with van der Waals surface area (Å²) in [6.45, 7) is 6.53. The topological polar surface area (TPSA) is 32.3 Å². The Balaban J connectivity index is 1.69. The van der Waals surface area contributed by atoms with Gasteiger partial charge in [-0.05, 0) is 49.3 Å². The molecule has 3 atom stereocenters. The summed E-state index contributed by atoms with van der Waals surface area (Å²) in [5, 5.41) is 13.5. The zero-order valence-corrected chi connectivity index (χ0v) is 12.2. The van der Waals surface area contributed by atoms with Crippen molar-refractivity contribution in [1.29, 1.82) is 0 Å². The van der Waals surface area contributed by atoms with Crippen LogP contribution in [0.25, 0.3) is 0 Å². The molecule has 0 aromatic heterocycles. The Morgan fingerprint density at radius 3 is 2.68 bits per heavy atom. The number of hydrogen-bond acceptors (Lipinski definition) is 2. The molecule has 2 aliphatic rings. The van der Waals surface area contributed by atoms with Gasteiger partial charge in [0.1, 0.15) is 0 Å². The lowest BCUT2D eigenvalue weighted by Crippen LogP contribution is -2.60. The molecule has 2 nitrogen and oxygen atoms in total. The molecule has 2 heteroatoms. The van der Waals surface area contributed by atoms with Crippen molar-refractivity contribution < 1.29 is 5.11 Å². The second-order valence-electron chi connectivity index (χ2n) is 6.90. The summed E-state index contributed by atoms with van der Waals surface area (Å²) in [5.41, 5.74) is 4.47. The molecule has 2 aliphatic carbocycles. The van der Waals surface area contributed by atoms with Gasteiger partial charge in [0, 0.05) is 17.5 Å². The number of nitrogens with one attached hydrogen (secondary N) is 1. The van der Waals surface area contributed by atoms with E-state index in [4.69, 9.17) is 0 Å². The normalized spacial score (nSPS) is 29.7. The summed E-state index contributed by atoms with van der Waals surface area (Å²) < 4.78 is 0. The number of hydrogen-bond donors (Lipinski definition) is 2. The van der Waals surface area contributed by atoms with Gasteiger partial charge in [0.25, 0.3) is 0 Å². The van der Waals surface area contributed by atoms with E-state index in [2.05, 4.69) is 44.3 Å². The zero-order chi connectivity index (χ0) is 13.6. The first-order chi connectivity index (χ1) is 8.98. The van der Waals surface area contributed by atoms with E-state index < -0.39 is 0 Å². The van der Waals surface area contributed by atoms with Gasteiger partial charge in [-0.2, -0.15) is 0 Å². The molecule has 19 heavy (non-hydrogen) atoms. The van der Waals surface area contributed by atoms with Gasteiger partial charge >= 0.3 is 0 Å². The number of aryl methyl sites for hydroxylation is 2. The van der Waals surface area contributed by atoms with Gasteiger partial charge in [-0.1, -0.05) is 32.0 Å². The van der Waals surface area contributed by atoms with Gasteiger partial charge in [0.15, 0.2) is 0 Å². The van der Waals surface area contributed by atoms with Crippen LogP contribution in [0.2, 0.25) is 0 Å². The lowest BCUT2D eigenvalue weighted by Gasteiger charge is -2.50. The Morgan fingerprint density at radius 2 is 2.00 bits per heavy atom. The van der Waals surface area contributed by atoms with Crippen LogP contribution in [0.15, 0.2) is 18.2 Å². The van der Waals surface area contributed by atoms with Crippen LogP contribution in [-0.4, -0.2) is 17.3 Å². The standard InChI is InChI=1S/C17H25NO/c1-11(18-15-10-16(19)17(15,2)3)13-8-7-12-5-4-6-14(12)9-13/h7-9,11,15-16,18-19H,4-6,10H2,1-3H3. The quantitative estimate of drug-likeness (QED) is 0.874. The van der Waals surface area contributed by atoms with Crippen LogP contribution in [0, 0.1) is 5.41 Å². The van der Waals surface area contributed by atoms with Crippen LogP contribution in [-0.2, 0) is 12.8 Å². The molecule has 0 saturated heterocycles. The van der Waals surface area contributed by atoms with E-state index in [1.807, 2.05) is 0 Å². The SMILES string of the molecule is CC(NC1CC(O)C1(C)C)c1ccc2c(c1)CCC2. The summed E-state index contributed by atoms with van der Waals surface area (Å²) >= 11 is 0. The van der Waals surface area contributed by atoms with Gasteiger partial charge in [-0.25, -0.2) is 0 Å². The molecule has 0 aliphatic heterocycles. The predicted octanol–water partition coefficient (Wildman–Crippen LogP) is 2.99.